The van der Waals surface area contributed by atoms with Gasteiger partial charge in [0.1, 0.15) is 11.5 Å². The first kappa shape index (κ1) is 12.5. The van der Waals surface area contributed by atoms with Gasteiger partial charge in [0.05, 0.1) is 18.5 Å². The molecule has 0 N–H and O–H groups in total. The molecule has 0 saturated carbocycles. The van der Waals surface area contributed by atoms with Crippen molar-refractivity contribution in [2.75, 3.05) is 7.11 Å². The van der Waals surface area contributed by atoms with Crippen molar-refractivity contribution in [3.63, 3.8) is 0 Å². The highest BCUT2D eigenvalue weighted by atomic mass is 16.5. The number of rotatable bonds is 3. The molecule has 3 rings (SSSR count). The minimum absolute atomic E-state index is 0.794. The highest BCUT2D eigenvalue weighted by molar-refractivity contribution is 6.11. The molecule has 0 bridgehead atoms. The molecule has 0 spiro atoms. The Morgan fingerprint density at radius 2 is 1.85 bits per heavy atom. The Bertz CT molecular complexity index is 728. The molecule has 0 atom stereocenters. The normalized spacial score (nSPS) is 16.4. The van der Waals surface area contributed by atoms with Crippen molar-refractivity contribution in [1.29, 1.82) is 0 Å². The number of hydrogen-bond acceptors (Lipinski definition) is 2. The van der Waals surface area contributed by atoms with Gasteiger partial charge in [-0.25, -0.2) is 4.99 Å². The third kappa shape index (κ3) is 2.09. The molecule has 2 aromatic heterocycles. The molecule has 102 valence electrons. The van der Waals surface area contributed by atoms with Gasteiger partial charge in [0.15, 0.2) is 0 Å². The van der Waals surface area contributed by atoms with E-state index in [4.69, 9.17) is 4.74 Å². The van der Waals surface area contributed by atoms with Gasteiger partial charge in [0, 0.05) is 38.3 Å². The zero-order valence-corrected chi connectivity index (χ0v) is 11.9. The maximum atomic E-state index is 5.44. The first-order valence-electron chi connectivity index (χ1n) is 6.48. The van der Waals surface area contributed by atoms with Gasteiger partial charge in [0.2, 0.25) is 0 Å². The lowest BCUT2D eigenvalue weighted by Gasteiger charge is -2.02. The van der Waals surface area contributed by atoms with E-state index in [9.17, 15) is 0 Å². The van der Waals surface area contributed by atoms with Gasteiger partial charge in [0.25, 0.3) is 0 Å². The predicted octanol–water partition coefficient (Wildman–Crippen LogP) is 2.74. The van der Waals surface area contributed by atoms with Gasteiger partial charge in [-0.15, -0.1) is 0 Å². The van der Waals surface area contributed by atoms with Crippen LogP contribution < -0.4 is 0 Å². The van der Waals surface area contributed by atoms with Crippen LogP contribution in [-0.2, 0) is 18.8 Å². The van der Waals surface area contributed by atoms with Crippen molar-refractivity contribution in [3.8, 4) is 0 Å². The molecule has 0 radical (unpaired) electrons. The van der Waals surface area contributed by atoms with Gasteiger partial charge >= 0.3 is 0 Å². The van der Waals surface area contributed by atoms with Crippen LogP contribution in [0.2, 0.25) is 0 Å². The standard InChI is InChI=1S/C16H17N3O/c1-18-8-4-6-12(18)10-14-16(20-3)11-13(17-14)15-7-5-9-19(15)2/h4-11H,1-3H3/b14-10+. The maximum Gasteiger partial charge on any atom is 0.146 e. The topological polar surface area (TPSA) is 31.4 Å². The third-order valence-corrected chi connectivity index (χ3v) is 3.46. The summed E-state index contributed by atoms with van der Waals surface area (Å²) < 4.78 is 9.54. The summed E-state index contributed by atoms with van der Waals surface area (Å²) >= 11 is 0. The van der Waals surface area contributed by atoms with Crippen LogP contribution in [0.25, 0.3) is 6.08 Å². The van der Waals surface area contributed by atoms with Crippen LogP contribution in [0.4, 0.5) is 0 Å². The van der Waals surface area contributed by atoms with E-state index < -0.39 is 0 Å². The average Bonchev–Trinajstić information content (AvgIpc) is 3.12. The summed E-state index contributed by atoms with van der Waals surface area (Å²) in [7, 11) is 5.70. The number of aliphatic imine (C=N–C) groups is 1. The van der Waals surface area contributed by atoms with E-state index in [0.717, 1.165) is 28.6 Å². The molecule has 0 aliphatic carbocycles. The second kappa shape index (κ2) is 4.89. The summed E-state index contributed by atoms with van der Waals surface area (Å²) in [6.07, 6.45) is 8.03. The van der Waals surface area contributed by atoms with E-state index in [-0.39, 0.29) is 0 Å². The van der Waals surface area contributed by atoms with Crippen LogP contribution in [0, 0.1) is 0 Å². The SMILES string of the molecule is COC1=CC(c2cccn2C)=N/C1=C/c1cccn1C. The summed E-state index contributed by atoms with van der Waals surface area (Å²) in [5, 5.41) is 0. The van der Waals surface area contributed by atoms with E-state index in [1.54, 1.807) is 7.11 Å². The predicted molar refractivity (Wildman–Crippen MR) is 80.4 cm³/mol. The van der Waals surface area contributed by atoms with E-state index in [1.165, 1.54) is 0 Å². The minimum Gasteiger partial charge on any atom is -0.494 e. The van der Waals surface area contributed by atoms with E-state index in [2.05, 4.69) is 15.6 Å². The summed E-state index contributed by atoms with van der Waals surface area (Å²) in [4.78, 5) is 4.69. The molecule has 4 heteroatoms. The first-order chi connectivity index (χ1) is 9.69. The maximum absolute atomic E-state index is 5.44. The second-order valence-corrected chi connectivity index (χ2v) is 4.79. The van der Waals surface area contributed by atoms with Crippen molar-refractivity contribution in [2.45, 2.75) is 0 Å². The molecular formula is C16H17N3O. The van der Waals surface area contributed by atoms with Crippen LogP contribution in [0.1, 0.15) is 11.4 Å². The van der Waals surface area contributed by atoms with Gasteiger partial charge in [-0.3, -0.25) is 0 Å². The van der Waals surface area contributed by atoms with Gasteiger partial charge < -0.3 is 13.9 Å². The molecule has 20 heavy (non-hydrogen) atoms. The van der Waals surface area contributed by atoms with Crippen LogP contribution >= 0.6 is 0 Å². The number of ether oxygens (including phenoxy) is 1. The summed E-state index contributed by atoms with van der Waals surface area (Å²) in [5.74, 6) is 0.794. The lowest BCUT2D eigenvalue weighted by Crippen LogP contribution is -2.01. The molecule has 0 saturated heterocycles. The Kier molecular flexibility index (Phi) is 3.06. The van der Waals surface area contributed by atoms with Crippen molar-refractivity contribution >= 4 is 11.8 Å². The number of methoxy groups -OCH3 is 1. The van der Waals surface area contributed by atoms with E-state index in [1.807, 2.05) is 61.4 Å². The number of hydrogen-bond donors (Lipinski definition) is 0. The minimum atomic E-state index is 0.794. The van der Waals surface area contributed by atoms with Crippen molar-refractivity contribution in [3.05, 3.63) is 65.6 Å². The lowest BCUT2D eigenvalue weighted by molar-refractivity contribution is 0.303. The van der Waals surface area contributed by atoms with Crippen LogP contribution in [-0.4, -0.2) is 22.0 Å². The fourth-order valence-corrected chi connectivity index (χ4v) is 2.30. The highest BCUT2D eigenvalue weighted by Gasteiger charge is 2.18. The number of aryl methyl sites for hydroxylation is 2. The molecule has 0 amide bonds. The van der Waals surface area contributed by atoms with Crippen molar-refractivity contribution in [1.82, 2.24) is 9.13 Å². The largest absolute Gasteiger partial charge is 0.494 e. The number of aromatic nitrogens is 2. The van der Waals surface area contributed by atoms with Gasteiger partial charge in [-0.2, -0.15) is 0 Å². The molecule has 0 aromatic carbocycles. The third-order valence-electron chi connectivity index (χ3n) is 3.46. The van der Waals surface area contributed by atoms with Gasteiger partial charge in [-0.1, -0.05) is 0 Å². The molecule has 3 heterocycles. The average molecular weight is 267 g/mol. The fourth-order valence-electron chi connectivity index (χ4n) is 2.30. The molecule has 4 nitrogen and oxygen atoms in total. The molecule has 2 aromatic rings. The van der Waals surface area contributed by atoms with E-state index >= 15 is 0 Å². The molecule has 0 unspecified atom stereocenters. The Hall–Kier alpha value is -2.49. The Morgan fingerprint density at radius 1 is 1.10 bits per heavy atom. The molecule has 1 aliphatic heterocycles. The number of allylic oxidation sites excluding steroid dienone is 1. The smallest absolute Gasteiger partial charge is 0.146 e. The molecule has 0 fully saturated rings. The summed E-state index contributed by atoms with van der Waals surface area (Å²) in [5.41, 5.74) is 3.95. The Morgan fingerprint density at radius 3 is 2.45 bits per heavy atom. The van der Waals surface area contributed by atoms with Crippen LogP contribution in [0.5, 0.6) is 0 Å². The Balaban J connectivity index is 2.03. The van der Waals surface area contributed by atoms with Crippen LogP contribution in [0.3, 0.4) is 0 Å². The molecule has 1 aliphatic rings. The van der Waals surface area contributed by atoms with E-state index in [0.29, 0.717) is 0 Å². The van der Waals surface area contributed by atoms with Crippen molar-refractivity contribution < 1.29 is 4.74 Å². The fraction of sp³-hybridized carbons (Fsp3) is 0.188. The van der Waals surface area contributed by atoms with Crippen LogP contribution in [0.15, 0.2) is 59.2 Å². The summed E-state index contributed by atoms with van der Waals surface area (Å²) in [6.45, 7) is 0. The lowest BCUT2D eigenvalue weighted by atomic mass is 10.2. The zero-order valence-electron chi connectivity index (χ0n) is 11.9. The van der Waals surface area contributed by atoms with Gasteiger partial charge in [-0.05, 0) is 30.3 Å². The molecular weight excluding hydrogens is 250 g/mol. The quantitative estimate of drug-likeness (QED) is 0.841. The summed E-state index contributed by atoms with van der Waals surface area (Å²) in [6, 6.07) is 8.13. The zero-order chi connectivity index (χ0) is 14.1. The Labute approximate surface area is 118 Å². The van der Waals surface area contributed by atoms with Crippen molar-refractivity contribution in [2.24, 2.45) is 19.1 Å². The highest BCUT2D eigenvalue weighted by Crippen LogP contribution is 2.25. The monoisotopic (exact) mass is 267 g/mol. The first-order valence-corrected chi connectivity index (χ1v) is 6.48. The second-order valence-electron chi connectivity index (χ2n) is 4.79. The number of nitrogens with zero attached hydrogens (tertiary/aromatic N) is 3.